The summed E-state index contributed by atoms with van der Waals surface area (Å²) in [6, 6.07) is 14.8. The lowest BCUT2D eigenvalue weighted by atomic mass is 9.89. The fourth-order valence-corrected chi connectivity index (χ4v) is 4.40. The Labute approximate surface area is 162 Å². The highest BCUT2D eigenvalue weighted by Crippen LogP contribution is 2.37. The van der Waals surface area contributed by atoms with Crippen LogP contribution in [0, 0.1) is 0 Å². The Kier molecular flexibility index (Phi) is 5.53. The second-order valence-electron chi connectivity index (χ2n) is 7.56. The molecule has 4 rings (SSSR count). The van der Waals surface area contributed by atoms with Gasteiger partial charge in [-0.25, -0.2) is 0 Å². The fraction of sp³-hybridized carbons (Fsp3) is 0.478. The summed E-state index contributed by atoms with van der Waals surface area (Å²) in [6.45, 7) is 4.31. The van der Waals surface area contributed by atoms with Crippen LogP contribution in [0.1, 0.15) is 42.2 Å². The third-order valence-corrected chi connectivity index (χ3v) is 6.06. The number of nitrogens with zero attached hydrogens (tertiary/aromatic N) is 1. The van der Waals surface area contributed by atoms with Crippen LogP contribution in [0.3, 0.4) is 0 Å². The maximum atomic E-state index is 5.83. The van der Waals surface area contributed by atoms with Gasteiger partial charge < -0.3 is 19.1 Å². The van der Waals surface area contributed by atoms with Crippen LogP contribution in [0.5, 0.6) is 17.2 Å². The minimum absolute atomic E-state index is 0.546. The molecule has 2 heterocycles. The van der Waals surface area contributed by atoms with Crippen LogP contribution in [-0.4, -0.2) is 45.4 Å². The first kappa shape index (κ1) is 18.2. The highest BCUT2D eigenvalue weighted by Gasteiger charge is 2.26. The van der Waals surface area contributed by atoms with Crippen LogP contribution in [0.2, 0.25) is 0 Å². The fourth-order valence-electron chi connectivity index (χ4n) is 4.40. The molecule has 4 heteroatoms. The molecule has 0 aromatic heterocycles. The van der Waals surface area contributed by atoms with E-state index in [2.05, 4.69) is 41.3 Å². The summed E-state index contributed by atoms with van der Waals surface area (Å²) in [4.78, 5) is 2.61. The van der Waals surface area contributed by atoms with Gasteiger partial charge in [-0.3, -0.25) is 0 Å². The number of methoxy groups -OCH3 is 2. The van der Waals surface area contributed by atoms with Gasteiger partial charge in [0, 0.05) is 11.5 Å². The lowest BCUT2D eigenvalue weighted by Crippen LogP contribution is -2.34. The number of ether oxygens (including phenoxy) is 3. The largest absolute Gasteiger partial charge is 0.493 e. The lowest BCUT2D eigenvalue weighted by molar-refractivity contribution is 0.200. The average molecular weight is 367 g/mol. The van der Waals surface area contributed by atoms with Crippen molar-refractivity contribution in [1.82, 2.24) is 4.90 Å². The van der Waals surface area contributed by atoms with Gasteiger partial charge in [0.15, 0.2) is 11.5 Å². The second-order valence-corrected chi connectivity index (χ2v) is 7.56. The molecule has 2 aliphatic heterocycles. The van der Waals surface area contributed by atoms with Crippen molar-refractivity contribution in [2.24, 2.45) is 0 Å². The molecular weight excluding hydrogens is 338 g/mol. The molecule has 0 radical (unpaired) electrons. The molecule has 0 amide bonds. The van der Waals surface area contributed by atoms with Crippen molar-refractivity contribution in [2.45, 2.75) is 31.1 Å². The number of piperidine rings is 1. The Morgan fingerprint density at radius 1 is 1.00 bits per heavy atom. The molecule has 0 N–H and O–H groups in total. The molecule has 2 aromatic rings. The zero-order valence-electron chi connectivity index (χ0n) is 16.3. The predicted molar refractivity (Wildman–Crippen MR) is 107 cm³/mol. The highest BCUT2D eigenvalue weighted by atomic mass is 16.5. The number of fused-ring (bicyclic) bond motifs is 1. The molecule has 4 nitrogen and oxygen atoms in total. The first-order valence-electron chi connectivity index (χ1n) is 9.94. The molecule has 1 atom stereocenters. The van der Waals surface area contributed by atoms with Crippen LogP contribution in [-0.2, 0) is 0 Å². The van der Waals surface area contributed by atoms with Gasteiger partial charge in [0.1, 0.15) is 5.75 Å². The molecule has 27 heavy (non-hydrogen) atoms. The van der Waals surface area contributed by atoms with Gasteiger partial charge in [-0.05, 0) is 68.6 Å². The Morgan fingerprint density at radius 2 is 1.78 bits per heavy atom. The van der Waals surface area contributed by atoms with Crippen molar-refractivity contribution in [3.63, 3.8) is 0 Å². The molecule has 2 aromatic carbocycles. The van der Waals surface area contributed by atoms with Crippen LogP contribution >= 0.6 is 0 Å². The smallest absolute Gasteiger partial charge is 0.160 e. The number of para-hydroxylation sites is 1. The highest BCUT2D eigenvalue weighted by molar-refractivity contribution is 5.44. The van der Waals surface area contributed by atoms with Gasteiger partial charge >= 0.3 is 0 Å². The maximum Gasteiger partial charge on any atom is 0.160 e. The summed E-state index contributed by atoms with van der Waals surface area (Å²) in [5.41, 5.74) is 2.75. The van der Waals surface area contributed by atoms with E-state index < -0.39 is 0 Å². The van der Waals surface area contributed by atoms with E-state index in [1.54, 1.807) is 14.2 Å². The number of rotatable bonds is 6. The SMILES string of the molecule is COc1ccc(C2CCN(CCC3COc4ccccc43)CC2)cc1OC. The number of hydrogen-bond acceptors (Lipinski definition) is 4. The average Bonchev–Trinajstić information content (AvgIpc) is 3.15. The van der Waals surface area contributed by atoms with E-state index in [4.69, 9.17) is 14.2 Å². The third kappa shape index (κ3) is 3.91. The number of hydrogen-bond donors (Lipinski definition) is 0. The van der Waals surface area contributed by atoms with Gasteiger partial charge in [-0.15, -0.1) is 0 Å². The Morgan fingerprint density at radius 3 is 2.56 bits per heavy atom. The maximum absolute atomic E-state index is 5.83. The summed E-state index contributed by atoms with van der Waals surface area (Å²) in [6.07, 6.45) is 3.58. The van der Waals surface area contributed by atoms with E-state index >= 15 is 0 Å². The van der Waals surface area contributed by atoms with E-state index in [0.29, 0.717) is 11.8 Å². The standard InChI is InChI=1S/C23H29NO3/c1-25-22-8-7-18(15-23(22)26-2)17-9-12-24(13-10-17)14-11-19-16-27-21-6-4-3-5-20(19)21/h3-8,15,17,19H,9-14,16H2,1-2H3. The normalized spacial score (nSPS) is 20.1. The minimum Gasteiger partial charge on any atom is -0.493 e. The Hall–Kier alpha value is -2.20. The number of benzene rings is 2. The third-order valence-electron chi connectivity index (χ3n) is 6.06. The van der Waals surface area contributed by atoms with Crippen LogP contribution in [0.4, 0.5) is 0 Å². The lowest BCUT2D eigenvalue weighted by Gasteiger charge is -2.32. The zero-order valence-corrected chi connectivity index (χ0v) is 16.3. The zero-order chi connectivity index (χ0) is 18.6. The van der Waals surface area contributed by atoms with Crippen molar-refractivity contribution in [2.75, 3.05) is 40.5 Å². The van der Waals surface area contributed by atoms with E-state index in [1.165, 1.54) is 30.4 Å². The summed E-state index contributed by atoms with van der Waals surface area (Å²) >= 11 is 0. The molecule has 2 aliphatic rings. The summed E-state index contributed by atoms with van der Waals surface area (Å²) < 4.78 is 16.6. The van der Waals surface area contributed by atoms with E-state index in [1.807, 2.05) is 6.07 Å². The van der Waals surface area contributed by atoms with Gasteiger partial charge in [0.25, 0.3) is 0 Å². The summed E-state index contributed by atoms with van der Waals surface area (Å²) in [5.74, 6) is 3.87. The number of likely N-dealkylation sites (tertiary alicyclic amines) is 1. The predicted octanol–water partition coefficient (Wildman–Crippen LogP) is 4.45. The van der Waals surface area contributed by atoms with E-state index in [0.717, 1.165) is 43.5 Å². The van der Waals surface area contributed by atoms with Crippen molar-refractivity contribution >= 4 is 0 Å². The molecule has 144 valence electrons. The summed E-state index contributed by atoms with van der Waals surface area (Å²) in [7, 11) is 3.39. The Balaban J connectivity index is 1.30. The molecule has 1 fully saturated rings. The van der Waals surface area contributed by atoms with Crippen LogP contribution < -0.4 is 14.2 Å². The quantitative estimate of drug-likeness (QED) is 0.755. The molecular formula is C23H29NO3. The minimum atomic E-state index is 0.546. The molecule has 0 saturated carbocycles. The topological polar surface area (TPSA) is 30.9 Å². The van der Waals surface area contributed by atoms with Crippen molar-refractivity contribution < 1.29 is 14.2 Å². The van der Waals surface area contributed by atoms with E-state index in [9.17, 15) is 0 Å². The monoisotopic (exact) mass is 367 g/mol. The van der Waals surface area contributed by atoms with Gasteiger partial charge in [-0.1, -0.05) is 24.3 Å². The first-order valence-corrected chi connectivity index (χ1v) is 9.94. The van der Waals surface area contributed by atoms with Gasteiger partial charge in [0.05, 0.1) is 20.8 Å². The second kappa shape index (κ2) is 8.22. The van der Waals surface area contributed by atoms with Crippen molar-refractivity contribution in [3.8, 4) is 17.2 Å². The molecule has 0 aliphatic carbocycles. The van der Waals surface area contributed by atoms with Gasteiger partial charge in [0.2, 0.25) is 0 Å². The van der Waals surface area contributed by atoms with Crippen LogP contribution in [0.25, 0.3) is 0 Å². The molecule has 1 unspecified atom stereocenters. The molecule has 1 saturated heterocycles. The van der Waals surface area contributed by atoms with Crippen LogP contribution in [0.15, 0.2) is 42.5 Å². The molecule has 0 bridgehead atoms. The first-order chi connectivity index (χ1) is 13.3. The molecule has 0 spiro atoms. The van der Waals surface area contributed by atoms with Crippen molar-refractivity contribution in [3.05, 3.63) is 53.6 Å². The summed E-state index contributed by atoms with van der Waals surface area (Å²) in [5, 5.41) is 0. The van der Waals surface area contributed by atoms with Gasteiger partial charge in [-0.2, -0.15) is 0 Å². The van der Waals surface area contributed by atoms with E-state index in [-0.39, 0.29) is 0 Å². The Bertz CT molecular complexity index is 768. The van der Waals surface area contributed by atoms with Crippen molar-refractivity contribution in [1.29, 1.82) is 0 Å².